The van der Waals surface area contributed by atoms with Crippen molar-refractivity contribution in [3.05, 3.63) is 33.0 Å². The van der Waals surface area contributed by atoms with Crippen molar-refractivity contribution < 1.29 is 9.13 Å². The molecule has 0 amide bonds. The predicted molar refractivity (Wildman–Crippen MR) is 88.3 cm³/mol. The van der Waals surface area contributed by atoms with Crippen molar-refractivity contribution in [3.63, 3.8) is 0 Å². The lowest BCUT2D eigenvalue weighted by Crippen LogP contribution is -2.34. The summed E-state index contributed by atoms with van der Waals surface area (Å²) < 4.78 is 20.8. The zero-order valence-electron chi connectivity index (χ0n) is 12.5. The molecule has 1 aliphatic rings. The van der Waals surface area contributed by atoms with Gasteiger partial charge in [-0.05, 0) is 53.9 Å². The number of ether oxygens (including phenoxy) is 1. The number of benzene rings is 1. The molecule has 0 spiro atoms. The van der Waals surface area contributed by atoms with E-state index < -0.39 is 0 Å². The fourth-order valence-electron chi connectivity index (χ4n) is 3.03. The van der Waals surface area contributed by atoms with Crippen molar-refractivity contribution in [2.24, 2.45) is 5.92 Å². The summed E-state index contributed by atoms with van der Waals surface area (Å²) in [6.07, 6.45) is 3.09. The third-order valence-corrected chi connectivity index (χ3v) is 5.28. The van der Waals surface area contributed by atoms with E-state index >= 15 is 0 Å². The Hall–Kier alpha value is -0.160. The number of hydrogen-bond acceptors (Lipinski definition) is 2. The molecule has 1 aliphatic heterocycles. The van der Waals surface area contributed by atoms with E-state index in [-0.39, 0.29) is 23.9 Å². The van der Waals surface area contributed by atoms with Crippen molar-refractivity contribution >= 4 is 27.5 Å². The summed E-state index contributed by atoms with van der Waals surface area (Å²) in [5, 5.41) is 4.03. The second-order valence-corrected chi connectivity index (χ2v) is 6.75. The number of rotatable bonds is 6. The maximum absolute atomic E-state index is 14.4. The van der Waals surface area contributed by atoms with E-state index in [2.05, 4.69) is 35.1 Å². The Bertz CT molecular complexity index is 486. The van der Waals surface area contributed by atoms with Gasteiger partial charge in [-0.1, -0.05) is 25.4 Å². The van der Waals surface area contributed by atoms with Crippen LogP contribution >= 0.6 is 27.5 Å². The van der Waals surface area contributed by atoms with Crippen LogP contribution in [0.25, 0.3) is 0 Å². The lowest BCUT2D eigenvalue weighted by atomic mass is 9.86. The minimum absolute atomic E-state index is 0.0528. The lowest BCUT2D eigenvalue weighted by molar-refractivity contribution is 0.0770. The van der Waals surface area contributed by atoms with E-state index in [0.29, 0.717) is 15.1 Å². The maximum Gasteiger partial charge on any atom is 0.129 e. The van der Waals surface area contributed by atoms with E-state index in [0.717, 1.165) is 32.4 Å². The average Bonchev–Trinajstić information content (AvgIpc) is 2.93. The number of hydrogen-bond donors (Lipinski definition) is 1. The molecule has 118 valence electrons. The molecular formula is C16H22BrClFNO. The van der Waals surface area contributed by atoms with E-state index in [9.17, 15) is 4.39 Å². The van der Waals surface area contributed by atoms with Gasteiger partial charge in [-0.2, -0.15) is 0 Å². The third-order valence-electron chi connectivity index (χ3n) is 4.08. The Morgan fingerprint density at radius 3 is 2.90 bits per heavy atom. The van der Waals surface area contributed by atoms with Gasteiger partial charge in [0.15, 0.2) is 0 Å². The standard InChI is InChI=1S/C16H22BrClFNO/c1-3-6-20-16(10-5-7-21-15(10)4-2)11-8-13(18)12(17)9-14(11)19/h8-10,15-16,20H,3-7H2,1-2H3. The summed E-state index contributed by atoms with van der Waals surface area (Å²) in [7, 11) is 0. The lowest BCUT2D eigenvalue weighted by Gasteiger charge is -2.29. The summed E-state index contributed by atoms with van der Waals surface area (Å²) in [4.78, 5) is 0. The van der Waals surface area contributed by atoms with Crippen LogP contribution in [0.15, 0.2) is 16.6 Å². The molecule has 1 fully saturated rings. The Morgan fingerprint density at radius 1 is 1.48 bits per heavy atom. The first kappa shape index (κ1) is 17.2. The van der Waals surface area contributed by atoms with E-state index in [1.165, 1.54) is 6.07 Å². The van der Waals surface area contributed by atoms with Crippen LogP contribution in [0.3, 0.4) is 0 Å². The van der Waals surface area contributed by atoms with Gasteiger partial charge in [0.25, 0.3) is 0 Å². The van der Waals surface area contributed by atoms with Gasteiger partial charge in [-0.25, -0.2) is 4.39 Å². The molecule has 0 aromatic heterocycles. The van der Waals surface area contributed by atoms with E-state index in [1.807, 2.05) is 0 Å². The summed E-state index contributed by atoms with van der Waals surface area (Å²) in [5.74, 6) is 0.0647. The Balaban J connectivity index is 2.33. The highest BCUT2D eigenvalue weighted by molar-refractivity contribution is 9.10. The van der Waals surface area contributed by atoms with Crippen LogP contribution < -0.4 is 5.32 Å². The molecule has 1 aromatic rings. The van der Waals surface area contributed by atoms with Crippen LogP contribution in [-0.4, -0.2) is 19.3 Å². The van der Waals surface area contributed by atoms with Gasteiger partial charge in [-0.15, -0.1) is 0 Å². The average molecular weight is 379 g/mol. The van der Waals surface area contributed by atoms with Crippen molar-refractivity contribution in [2.75, 3.05) is 13.2 Å². The Morgan fingerprint density at radius 2 is 2.24 bits per heavy atom. The smallest absolute Gasteiger partial charge is 0.129 e. The molecule has 2 rings (SSSR count). The molecule has 3 unspecified atom stereocenters. The van der Waals surface area contributed by atoms with E-state index in [4.69, 9.17) is 16.3 Å². The molecule has 1 aromatic carbocycles. The van der Waals surface area contributed by atoms with E-state index in [1.54, 1.807) is 6.07 Å². The first-order valence-electron chi connectivity index (χ1n) is 7.57. The third kappa shape index (κ3) is 3.98. The zero-order chi connectivity index (χ0) is 15.4. The Kier molecular flexibility index (Phi) is 6.48. The van der Waals surface area contributed by atoms with Gasteiger partial charge < -0.3 is 10.1 Å². The van der Waals surface area contributed by atoms with Gasteiger partial charge >= 0.3 is 0 Å². The second-order valence-electron chi connectivity index (χ2n) is 5.49. The minimum Gasteiger partial charge on any atom is -0.378 e. The quantitative estimate of drug-likeness (QED) is 0.696. The topological polar surface area (TPSA) is 21.3 Å². The fourth-order valence-corrected chi connectivity index (χ4v) is 3.52. The molecule has 1 saturated heterocycles. The summed E-state index contributed by atoms with van der Waals surface area (Å²) in [5.41, 5.74) is 0.644. The summed E-state index contributed by atoms with van der Waals surface area (Å²) >= 11 is 9.44. The minimum atomic E-state index is -0.221. The highest BCUT2D eigenvalue weighted by atomic mass is 79.9. The molecular weight excluding hydrogens is 357 g/mol. The van der Waals surface area contributed by atoms with Crippen LogP contribution in [0, 0.1) is 11.7 Å². The van der Waals surface area contributed by atoms with Crippen molar-refractivity contribution in [1.82, 2.24) is 5.32 Å². The van der Waals surface area contributed by atoms with Gasteiger partial charge in [0.2, 0.25) is 0 Å². The molecule has 3 atom stereocenters. The molecule has 21 heavy (non-hydrogen) atoms. The predicted octanol–water partition coefficient (Wildman–Crippen LogP) is 5.10. The molecule has 2 nitrogen and oxygen atoms in total. The van der Waals surface area contributed by atoms with Crippen LogP contribution in [0.2, 0.25) is 5.02 Å². The molecule has 1 N–H and O–H groups in total. The van der Waals surface area contributed by atoms with Crippen LogP contribution in [0.4, 0.5) is 4.39 Å². The Labute approximate surface area is 139 Å². The summed E-state index contributed by atoms with van der Waals surface area (Å²) in [6, 6.07) is 3.14. The van der Waals surface area contributed by atoms with Gasteiger partial charge in [0.05, 0.1) is 11.1 Å². The van der Waals surface area contributed by atoms with Crippen LogP contribution in [0.5, 0.6) is 0 Å². The van der Waals surface area contributed by atoms with Crippen molar-refractivity contribution in [1.29, 1.82) is 0 Å². The highest BCUT2D eigenvalue weighted by Gasteiger charge is 2.35. The monoisotopic (exact) mass is 377 g/mol. The summed E-state index contributed by atoms with van der Waals surface area (Å²) in [6.45, 7) is 5.83. The van der Waals surface area contributed by atoms with Gasteiger partial charge in [0, 0.05) is 28.6 Å². The molecule has 0 bridgehead atoms. The van der Waals surface area contributed by atoms with Gasteiger partial charge in [0.1, 0.15) is 5.82 Å². The zero-order valence-corrected chi connectivity index (χ0v) is 14.8. The van der Waals surface area contributed by atoms with Crippen molar-refractivity contribution in [2.45, 2.75) is 45.3 Å². The number of halogens is 3. The molecule has 0 saturated carbocycles. The fraction of sp³-hybridized carbons (Fsp3) is 0.625. The maximum atomic E-state index is 14.4. The molecule has 0 radical (unpaired) electrons. The number of nitrogens with one attached hydrogen (secondary N) is 1. The normalized spacial score (nSPS) is 23.5. The first-order chi connectivity index (χ1) is 10.1. The molecule has 1 heterocycles. The van der Waals surface area contributed by atoms with Crippen molar-refractivity contribution in [3.8, 4) is 0 Å². The van der Waals surface area contributed by atoms with Crippen LogP contribution in [-0.2, 0) is 4.74 Å². The second kappa shape index (κ2) is 7.91. The van der Waals surface area contributed by atoms with Gasteiger partial charge in [-0.3, -0.25) is 0 Å². The largest absolute Gasteiger partial charge is 0.378 e. The highest BCUT2D eigenvalue weighted by Crippen LogP contribution is 2.38. The first-order valence-corrected chi connectivity index (χ1v) is 8.75. The SMILES string of the molecule is CCCNC(c1cc(Cl)c(Br)cc1F)C1CCOC1CC. The molecule has 5 heteroatoms. The molecule has 0 aliphatic carbocycles. The van der Waals surface area contributed by atoms with Crippen LogP contribution in [0.1, 0.15) is 44.7 Å².